The fraction of sp³-hybridized carbons (Fsp3) is 0.444. The van der Waals surface area contributed by atoms with E-state index in [4.69, 9.17) is 13.6 Å². The molecule has 50 heavy (non-hydrogen) atoms. The summed E-state index contributed by atoms with van der Waals surface area (Å²) >= 11 is 0. The van der Waals surface area contributed by atoms with Gasteiger partial charge in [0.15, 0.2) is 33.5 Å². The van der Waals surface area contributed by atoms with Crippen LogP contribution in [0.5, 0.6) is 0 Å². The van der Waals surface area contributed by atoms with Gasteiger partial charge in [-0.1, -0.05) is 0 Å². The molecule has 0 bridgehead atoms. The van der Waals surface area contributed by atoms with Gasteiger partial charge in [0.25, 0.3) is 16.7 Å². The lowest BCUT2D eigenvalue weighted by molar-refractivity contribution is 0.105. The smallest absolute Gasteiger partial charge is 0.322 e. The monoisotopic (exact) mass is 716 g/mol. The van der Waals surface area contributed by atoms with Gasteiger partial charge in [-0.2, -0.15) is 0 Å². The van der Waals surface area contributed by atoms with Crippen LogP contribution in [0, 0.1) is 0 Å². The number of imidazole rings is 3. The second-order valence-electron chi connectivity index (χ2n) is 11.4. The molecule has 0 unspecified atom stereocenters. The van der Waals surface area contributed by atoms with Gasteiger partial charge in [0.2, 0.25) is 0 Å². The molecule has 0 amide bonds. The van der Waals surface area contributed by atoms with Gasteiger partial charge in [-0.25, -0.2) is 33.9 Å². The zero-order valence-corrected chi connectivity index (χ0v) is 28.8. The van der Waals surface area contributed by atoms with E-state index in [0.29, 0.717) is 0 Å². The minimum Gasteiger partial charge on any atom is -0.322 e. The van der Waals surface area contributed by atoms with Crippen molar-refractivity contribution in [3.63, 3.8) is 0 Å². The Morgan fingerprint density at radius 3 is 1.00 bits per heavy atom. The highest BCUT2D eigenvalue weighted by Crippen LogP contribution is 2.49. The van der Waals surface area contributed by atoms with Crippen LogP contribution in [0.3, 0.4) is 0 Å². The van der Waals surface area contributed by atoms with Crippen LogP contribution in [0.15, 0.2) is 47.7 Å². The SMILES string of the molecule is Cn1c(=O)c2c(ncn2CCOP(=O)(OCCn2cnc3c2c(=O)n(C)c(=O)n3C)OCCn2cnc3c2c(=O)n(C)c(=O)n3C)n(C)c1=O. The molecule has 23 heteroatoms. The first-order valence-corrected chi connectivity index (χ1v) is 16.5. The van der Waals surface area contributed by atoms with Crippen molar-refractivity contribution in [2.75, 3.05) is 19.8 Å². The molecule has 6 heterocycles. The van der Waals surface area contributed by atoms with Crippen molar-refractivity contribution < 1.29 is 18.1 Å². The molecule has 0 saturated carbocycles. The summed E-state index contributed by atoms with van der Waals surface area (Å²) in [5.74, 6) is 0. The maximum atomic E-state index is 14.0. The molecule has 0 radical (unpaired) electrons. The van der Waals surface area contributed by atoms with Crippen LogP contribution in [0.4, 0.5) is 0 Å². The van der Waals surface area contributed by atoms with Crippen LogP contribution < -0.4 is 33.7 Å². The molecule has 6 aromatic heterocycles. The Morgan fingerprint density at radius 2 is 0.740 bits per heavy atom. The van der Waals surface area contributed by atoms with Gasteiger partial charge >= 0.3 is 24.9 Å². The lowest BCUT2D eigenvalue weighted by Gasteiger charge is -2.19. The minimum absolute atomic E-state index is 0.0346. The Morgan fingerprint density at radius 1 is 0.480 bits per heavy atom. The Kier molecular flexibility index (Phi) is 8.80. The quantitative estimate of drug-likeness (QED) is 0.119. The third-order valence-electron chi connectivity index (χ3n) is 8.40. The van der Waals surface area contributed by atoms with Crippen LogP contribution in [-0.4, -0.2) is 75.9 Å². The van der Waals surface area contributed by atoms with Crippen molar-refractivity contribution >= 4 is 41.3 Å². The average Bonchev–Trinajstić information content (AvgIpc) is 3.84. The molecule has 0 fully saturated rings. The first-order chi connectivity index (χ1) is 23.7. The number of phosphoric ester groups is 1. The first kappa shape index (κ1) is 34.4. The summed E-state index contributed by atoms with van der Waals surface area (Å²) < 4.78 is 41.8. The largest absolute Gasteiger partial charge is 0.474 e. The number of phosphoric acid groups is 1. The highest BCUT2D eigenvalue weighted by molar-refractivity contribution is 7.48. The van der Waals surface area contributed by atoms with Crippen LogP contribution >= 0.6 is 7.82 Å². The minimum atomic E-state index is -4.39. The van der Waals surface area contributed by atoms with E-state index in [1.54, 1.807) is 0 Å². The summed E-state index contributed by atoms with van der Waals surface area (Å²) in [4.78, 5) is 88.0. The zero-order chi connectivity index (χ0) is 36.2. The Labute approximate surface area is 278 Å². The van der Waals surface area contributed by atoms with Gasteiger partial charge in [-0.3, -0.25) is 55.4 Å². The number of aromatic nitrogens is 12. The summed E-state index contributed by atoms with van der Waals surface area (Å²) in [6, 6.07) is 0. The van der Waals surface area contributed by atoms with E-state index in [9.17, 15) is 33.3 Å². The highest BCUT2D eigenvalue weighted by Gasteiger charge is 2.28. The lowest BCUT2D eigenvalue weighted by atomic mass is 10.5. The number of rotatable bonds is 12. The van der Waals surface area contributed by atoms with E-state index in [1.165, 1.54) is 88.7 Å². The second-order valence-corrected chi connectivity index (χ2v) is 13.1. The van der Waals surface area contributed by atoms with Crippen LogP contribution in [0.1, 0.15) is 0 Å². The van der Waals surface area contributed by atoms with Crippen molar-refractivity contribution in [3.05, 3.63) is 81.5 Å². The van der Waals surface area contributed by atoms with E-state index in [1.807, 2.05) is 0 Å². The Hall–Kier alpha value is -5.44. The Bertz CT molecular complexity index is 2440. The van der Waals surface area contributed by atoms with E-state index in [0.717, 1.165) is 13.7 Å². The van der Waals surface area contributed by atoms with Crippen molar-refractivity contribution in [1.29, 1.82) is 0 Å². The molecule has 0 aliphatic heterocycles. The zero-order valence-electron chi connectivity index (χ0n) is 27.9. The summed E-state index contributed by atoms with van der Waals surface area (Å²) in [7, 11) is 4.06. The molecule has 22 nitrogen and oxygen atoms in total. The van der Waals surface area contributed by atoms with Gasteiger partial charge in [0.05, 0.1) is 38.8 Å². The van der Waals surface area contributed by atoms with E-state index in [-0.39, 0.29) is 72.9 Å². The second kappa shape index (κ2) is 12.8. The molecule has 0 spiro atoms. The number of aryl methyl sites for hydroxylation is 3. The van der Waals surface area contributed by atoms with E-state index >= 15 is 0 Å². The summed E-state index contributed by atoms with van der Waals surface area (Å²) in [6.45, 7) is -0.973. The molecular formula is C27H33N12O10P. The van der Waals surface area contributed by atoms with Crippen molar-refractivity contribution in [3.8, 4) is 0 Å². The average molecular weight is 717 g/mol. The first-order valence-electron chi connectivity index (χ1n) is 15.0. The van der Waals surface area contributed by atoms with E-state index < -0.39 is 41.6 Å². The van der Waals surface area contributed by atoms with Crippen molar-refractivity contribution in [2.45, 2.75) is 19.6 Å². The topological polar surface area (TPSA) is 230 Å². The molecule has 6 aromatic rings. The van der Waals surface area contributed by atoms with Gasteiger partial charge in [0, 0.05) is 61.9 Å². The standard InChI is InChI=1S/C27H33N12O10P/c1-31-19-16(22(40)34(4)25(31)43)37(13-28-19)7-10-47-50(46,48-11-8-38-14-29-20-17(38)23(41)35(5)26(44)32(20)2)49-12-9-39-15-30-21-18(39)24(42)36(6)27(45)33(21)3/h13-15H,7-12H2,1-6H3. The third kappa shape index (κ3) is 5.60. The predicted molar refractivity (Wildman–Crippen MR) is 176 cm³/mol. The van der Waals surface area contributed by atoms with Crippen LogP contribution in [0.25, 0.3) is 33.5 Å². The maximum absolute atomic E-state index is 14.0. The predicted octanol–water partition coefficient (Wildman–Crippen LogP) is -2.51. The van der Waals surface area contributed by atoms with Crippen molar-refractivity contribution in [1.82, 2.24) is 56.1 Å². The molecule has 266 valence electrons. The van der Waals surface area contributed by atoms with Crippen LogP contribution in [-0.2, 0) is 80.1 Å². The van der Waals surface area contributed by atoms with Crippen molar-refractivity contribution in [2.24, 2.45) is 42.3 Å². The number of hydrogen-bond acceptors (Lipinski definition) is 13. The fourth-order valence-corrected chi connectivity index (χ4v) is 6.70. The summed E-state index contributed by atoms with van der Waals surface area (Å²) in [6.07, 6.45) is 4.03. The number of fused-ring (bicyclic) bond motifs is 3. The van der Waals surface area contributed by atoms with Gasteiger partial charge in [-0.15, -0.1) is 0 Å². The molecule has 0 aliphatic carbocycles. The maximum Gasteiger partial charge on any atom is 0.474 e. The summed E-state index contributed by atoms with van der Waals surface area (Å²) in [5.41, 5.74) is -2.55. The van der Waals surface area contributed by atoms with E-state index in [2.05, 4.69) is 15.0 Å². The van der Waals surface area contributed by atoms with Gasteiger partial charge in [0.1, 0.15) is 0 Å². The Balaban J connectivity index is 1.23. The molecule has 0 atom stereocenters. The highest BCUT2D eigenvalue weighted by atomic mass is 31.2. The summed E-state index contributed by atoms with van der Waals surface area (Å²) in [5, 5.41) is 0. The molecule has 6 rings (SSSR count). The molecule has 0 aromatic carbocycles. The number of hydrogen-bond donors (Lipinski definition) is 0. The molecule has 0 aliphatic rings. The normalized spacial score (nSPS) is 12.3. The molecule has 0 N–H and O–H groups in total. The van der Waals surface area contributed by atoms with Gasteiger partial charge < -0.3 is 13.7 Å². The third-order valence-corrected chi connectivity index (χ3v) is 9.89. The molecular weight excluding hydrogens is 683 g/mol. The van der Waals surface area contributed by atoms with Crippen LogP contribution in [0.2, 0.25) is 0 Å². The molecule has 0 saturated heterocycles. The fourth-order valence-electron chi connectivity index (χ4n) is 5.56. The lowest BCUT2D eigenvalue weighted by Crippen LogP contribution is -2.37. The number of nitrogens with zero attached hydrogens (tertiary/aromatic N) is 12. The van der Waals surface area contributed by atoms with Gasteiger partial charge in [-0.05, 0) is 0 Å².